The zero-order valence-corrected chi connectivity index (χ0v) is 42.9. The van der Waals surface area contributed by atoms with Crippen molar-refractivity contribution in [2.75, 3.05) is 62.0 Å². The van der Waals surface area contributed by atoms with E-state index in [2.05, 4.69) is 19.2 Å². The third-order valence-corrected chi connectivity index (χ3v) is 14.8. The lowest BCUT2D eigenvalue weighted by Crippen LogP contribution is -2.58. The van der Waals surface area contributed by atoms with E-state index >= 15 is 0 Å². The number of carbonyl (C=O) groups excluding carboxylic acids is 6. The fourth-order valence-corrected chi connectivity index (χ4v) is 9.91. The summed E-state index contributed by atoms with van der Waals surface area (Å²) in [5.41, 5.74) is 21.9. The average molecular weight is 940 g/mol. The van der Waals surface area contributed by atoms with Gasteiger partial charge in [0.1, 0.15) is 6.54 Å². The van der Waals surface area contributed by atoms with Crippen LogP contribution < -0.4 is 22.5 Å². The summed E-state index contributed by atoms with van der Waals surface area (Å²) in [4.78, 5) is 87.5. The van der Waals surface area contributed by atoms with Gasteiger partial charge in [0.2, 0.25) is 23.6 Å². The van der Waals surface area contributed by atoms with Gasteiger partial charge in [0, 0.05) is 83.8 Å². The number of hydrogen-bond donors (Lipinski definition) is 4. The molecule has 1 fully saturated rings. The van der Waals surface area contributed by atoms with E-state index < -0.39 is 72.5 Å². The highest BCUT2D eigenvalue weighted by molar-refractivity contribution is 6.14. The zero-order valence-electron chi connectivity index (χ0n) is 42.9. The number of carbonyl (C=O) groups is 6. The molecule has 3 rings (SSSR count). The van der Waals surface area contributed by atoms with Crippen molar-refractivity contribution in [1.29, 1.82) is 0 Å². The first-order chi connectivity index (χ1) is 31.4. The van der Waals surface area contributed by atoms with Gasteiger partial charge < -0.3 is 51.6 Å². The van der Waals surface area contributed by atoms with Crippen LogP contribution in [0, 0.1) is 29.6 Å². The number of hydrogen-bond acceptors (Lipinski definition) is 12. The minimum Gasteiger partial charge on any atom is -0.379 e. The number of rotatable bonds is 26. The summed E-state index contributed by atoms with van der Waals surface area (Å²) in [6.07, 6.45) is 3.99. The number of ether oxygens (including phenoxy) is 2. The molecule has 7 N–H and O–H groups in total. The first kappa shape index (κ1) is 57.1. The van der Waals surface area contributed by atoms with E-state index in [1.807, 2.05) is 89.8 Å². The summed E-state index contributed by atoms with van der Waals surface area (Å²) in [5.74, 6) is -3.05. The minimum absolute atomic E-state index is 0.00277. The normalized spacial score (nSPS) is 20.7. The Bertz CT molecular complexity index is 1840. The summed E-state index contributed by atoms with van der Waals surface area (Å²) in [6, 6.07) is 5.20. The highest BCUT2D eigenvalue weighted by Gasteiger charge is 2.44. The molecule has 3 unspecified atom stereocenters. The Morgan fingerprint density at radius 2 is 1.51 bits per heavy atom. The second kappa shape index (κ2) is 25.9. The maximum absolute atomic E-state index is 14.4. The van der Waals surface area contributed by atoms with Crippen molar-refractivity contribution in [1.82, 2.24) is 29.8 Å². The maximum Gasteiger partial charge on any atom is 0.254 e. The summed E-state index contributed by atoms with van der Waals surface area (Å²) in [5, 5.41) is 2.80. The smallest absolute Gasteiger partial charge is 0.254 e. The van der Waals surface area contributed by atoms with Crippen LogP contribution in [0.4, 0.5) is 0 Å². The molecular formula is C50H85N9O8. The summed E-state index contributed by atoms with van der Waals surface area (Å²) >= 11 is 0. The monoisotopic (exact) mass is 940 g/mol. The van der Waals surface area contributed by atoms with Gasteiger partial charge in [-0.25, -0.2) is 0 Å². The van der Waals surface area contributed by atoms with E-state index in [4.69, 9.17) is 26.7 Å². The first-order valence-electron chi connectivity index (χ1n) is 24.1. The Kier molecular flexibility index (Phi) is 22.1. The molecule has 17 nitrogen and oxygen atoms in total. The predicted molar refractivity (Wildman–Crippen MR) is 261 cm³/mol. The lowest BCUT2D eigenvalue weighted by molar-refractivity contribution is -0.149. The molecule has 0 saturated carbocycles. The molecule has 1 saturated heterocycles. The van der Waals surface area contributed by atoms with Gasteiger partial charge in [-0.3, -0.25) is 33.7 Å². The second-order valence-electron chi connectivity index (χ2n) is 19.8. The van der Waals surface area contributed by atoms with E-state index in [0.717, 1.165) is 41.0 Å². The van der Waals surface area contributed by atoms with Crippen molar-refractivity contribution in [3.8, 4) is 0 Å². The van der Waals surface area contributed by atoms with Crippen LogP contribution in [-0.2, 0) is 44.7 Å². The maximum atomic E-state index is 14.4. The van der Waals surface area contributed by atoms with Crippen LogP contribution in [0.3, 0.4) is 0 Å². The molecule has 2 aliphatic heterocycles. The first-order valence-corrected chi connectivity index (χ1v) is 24.1. The average Bonchev–Trinajstić information content (AvgIpc) is 3.91. The third-order valence-electron chi connectivity index (χ3n) is 14.8. The van der Waals surface area contributed by atoms with Crippen molar-refractivity contribution in [2.45, 2.75) is 142 Å². The summed E-state index contributed by atoms with van der Waals surface area (Å²) in [7, 11) is 10.7. The Labute approximate surface area is 400 Å². The van der Waals surface area contributed by atoms with Gasteiger partial charge in [-0.1, -0.05) is 72.2 Å². The number of nitrogens with two attached hydrogens (primary N) is 3. The van der Waals surface area contributed by atoms with Crippen LogP contribution in [0.25, 0.3) is 0 Å². The third kappa shape index (κ3) is 14.4. The second-order valence-corrected chi connectivity index (χ2v) is 19.8. The number of imide groups is 1. The van der Waals surface area contributed by atoms with Gasteiger partial charge in [0.15, 0.2) is 0 Å². The number of methoxy groups -OCH3 is 2. The molecule has 17 heteroatoms. The van der Waals surface area contributed by atoms with Crippen molar-refractivity contribution in [2.24, 2.45) is 46.8 Å². The van der Waals surface area contributed by atoms with E-state index in [-0.39, 0.29) is 60.0 Å². The van der Waals surface area contributed by atoms with E-state index in [9.17, 15) is 28.8 Å². The lowest BCUT2D eigenvalue weighted by atomic mass is 9.82. The highest BCUT2D eigenvalue weighted by atomic mass is 16.5. The van der Waals surface area contributed by atoms with Crippen molar-refractivity contribution >= 4 is 35.4 Å². The molecule has 0 spiro atoms. The van der Waals surface area contributed by atoms with Gasteiger partial charge in [0.25, 0.3) is 11.8 Å². The van der Waals surface area contributed by atoms with Gasteiger partial charge in [0.05, 0.1) is 42.5 Å². The van der Waals surface area contributed by atoms with E-state index in [0.29, 0.717) is 25.9 Å². The Balaban J connectivity index is 1.66. The van der Waals surface area contributed by atoms with Gasteiger partial charge in [-0.05, 0) is 76.1 Å². The van der Waals surface area contributed by atoms with Crippen LogP contribution in [0.2, 0.25) is 0 Å². The predicted octanol–water partition coefficient (Wildman–Crippen LogP) is 2.55. The van der Waals surface area contributed by atoms with E-state index in [1.54, 1.807) is 38.0 Å². The van der Waals surface area contributed by atoms with Gasteiger partial charge in [-0.15, -0.1) is 0 Å². The Hall–Kier alpha value is -4.26. The fraction of sp³-hybridized carbons (Fsp3) is 0.720. The molecule has 0 bridgehead atoms. The minimum atomic E-state index is -0.575. The molecule has 0 radical (unpaired) electrons. The fourth-order valence-electron chi connectivity index (χ4n) is 9.91. The van der Waals surface area contributed by atoms with Crippen LogP contribution in [0.1, 0.15) is 98.2 Å². The molecule has 0 aliphatic carbocycles. The van der Waals surface area contributed by atoms with Crippen molar-refractivity contribution < 1.29 is 38.2 Å². The molecule has 13 atom stereocenters. The molecule has 378 valence electrons. The molecule has 1 aromatic carbocycles. The summed E-state index contributed by atoms with van der Waals surface area (Å²) < 4.78 is 12.2. The Morgan fingerprint density at radius 3 is 2.06 bits per heavy atom. The number of likely N-dealkylation sites (N-methyl/N-ethyl adjacent to an activating group) is 3. The van der Waals surface area contributed by atoms with Crippen LogP contribution in [0.5, 0.6) is 0 Å². The van der Waals surface area contributed by atoms with Gasteiger partial charge >= 0.3 is 0 Å². The molecule has 0 aromatic heterocycles. The van der Waals surface area contributed by atoms with Gasteiger partial charge in [-0.2, -0.15) is 0 Å². The number of benzene rings is 1. The van der Waals surface area contributed by atoms with Crippen LogP contribution >= 0.6 is 0 Å². The molecule has 2 heterocycles. The number of likely N-dealkylation sites (tertiary alicyclic amines) is 1. The van der Waals surface area contributed by atoms with Crippen molar-refractivity contribution in [3.63, 3.8) is 0 Å². The zero-order chi connectivity index (χ0) is 50.6. The largest absolute Gasteiger partial charge is 0.379 e. The lowest BCUT2D eigenvalue weighted by Gasteiger charge is -2.42. The van der Waals surface area contributed by atoms with Crippen LogP contribution in [0.15, 0.2) is 36.4 Å². The highest BCUT2D eigenvalue weighted by Crippen LogP contribution is 2.31. The number of nitrogens with one attached hydrogen (secondary N) is 1. The number of amides is 6. The van der Waals surface area contributed by atoms with Crippen molar-refractivity contribution in [3.05, 3.63) is 47.5 Å². The topological polar surface area (TPSA) is 227 Å². The molecule has 67 heavy (non-hydrogen) atoms. The van der Waals surface area contributed by atoms with Crippen LogP contribution in [-0.4, -0.2) is 170 Å². The molecule has 6 amide bonds. The molecular weight excluding hydrogens is 855 g/mol. The molecule has 1 aromatic rings. The molecule has 2 aliphatic rings. The Morgan fingerprint density at radius 1 is 0.881 bits per heavy atom. The standard InChI is InChI=1S/C50H85N9O8/c1-15-30(4)47(57(12)50(65)43(29(2)3)46(53)34(8)55(9)10)38(66-13)27-42(63)58-24-17-20-37(58)48(67-14)32(6)49(64)56(11)25-23-35-18-16-19-36(26-35)45(52)31(5)44(51)33(7)54-39(60)28-59-40(61)21-22-41(59)62/h16,18-19,21-22,26,29-34,37-38,43-48H,15,17,20,23-25,27-28,51-53H2,1-14H3,(H,54,60)/t30-,31+,32+,33-,34-,37-,38+,43-,44?,45?,46?,47-,48+/m0/s1. The van der Waals surface area contributed by atoms with E-state index in [1.165, 1.54) is 0 Å². The SMILES string of the molecule is CC[C@H](C)[C@@H]([C@@H](CC(=O)N1CCC[C@H]1[C@H](OC)[C@@H](C)C(=O)N(C)CCc1cccc(C(N)[C@H](C)C(N)[C@H](C)NC(=O)CN2C(=O)C=CC2=O)c1)OC)N(C)C(=O)[C@@H](C(C)C)C(N)[C@H](C)N(C)C. The quantitative estimate of drug-likeness (QED) is 0.0984. The summed E-state index contributed by atoms with van der Waals surface area (Å²) in [6.45, 7) is 16.3. The number of nitrogens with zero attached hydrogens (tertiary/aromatic N) is 5.